The molecule has 0 N–H and O–H groups in total. The van der Waals surface area contributed by atoms with Crippen LogP contribution in [0.2, 0.25) is 0 Å². The monoisotopic (exact) mass is 307 g/mol. The van der Waals surface area contributed by atoms with Crippen molar-refractivity contribution in [3.05, 3.63) is 59.4 Å². The number of aromatic nitrogens is 1. The summed E-state index contributed by atoms with van der Waals surface area (Å²) >= 11 is 0. The van der Waals surface area contributed by atoms with E-state index in [1.807, 2.05) is 0 Å². The summed E-state index contributed by atoms with van der Waals surface area (Å²) in [5.74, 6) is 0.938. The fraction of sp³-hybridized carbons (Fsp3) is 0.350. The molecule has 2 aliphatic rings. The number of ether oxygens (including phenoxy) is 1. The Morgan fingerprint density at radius 2 is 1.83 bits per heavy atom. The maximum absolute atomic E-state index is 6.64. The molecule has 0 fully saturated rings. The molecule has 2 aromatic rings. The van der Waals surface area contributed by atoms with Crippen molar-refractivity contribution in [3.8, 4) is 5.75 Å². The summed E-state index contributed by atoms with van der Waals surface area (Å²) in [7, 11) is 4.20. The Morgan fingerprint density at radius 1 is 1.09 bits per heavy atom. The predicted octanol–water partition coefficient (Wildman–Crippen LogP) is 3.35. The van der Waals surface area contributed by atoms with Crippen molar-refractivity contribution in [2.24, 2.45) is 7.05 Å². The third-order valence-corrected chi connectivity index (χ3v) is 5.68. The van der Waals surface area contributed by atoms with Gasteiger partial charge in [0, 0.05) is 31.8 Å². The van der Waals surface area contributed by atoms with Crippen LogP contribution in [0, 0.1) is 6.92 Å². The highest BCUT2D eigenvalue weighted by Crippen LogP contribution is 2.53. The van der Waals surface area contributed by atoms with Crippen LogP contribution in [0.25, 0.3) is 6.08 Å². The van der Waals surface area contributed by atoms with Gasteiger partial charge in [0.1, 0.15) is 7.05 Å². The van der Waals surface area contributed by atoms with Crippen LogP contribution in [0.4, 0.5) is 5.69 Å². The molecule has 2 aliphatic heterocycles. The van der Waals surface area contributed by atoms with E-state index in [4.69, 9.17) is 4.74 Å². The first-order valence-corrected chi connectivity index (χ1v) is 8.10. The highest BCUT2D eigenvalue weighted by atomic mass is 16.5. The van der Waals surface area contributed by atoms with E-state index < -0.39 is 5.72 Å². The molecule has 0 unspecified atom stereocenters. The van der Waals surface area contributed by atoms with E-state index in [1.54, 1.807) is 0 Å². The van der Waals surface area contributed by atoms with Gasteiger partial charge in [0.25, 0.3) is 0 Å². The standard InChI is InChI=1S/C20H23N2O/c1-14-10-11-18-17(21(14)4)12-13-20(23-18)19(2,3)15-8-6-7-9-16(15)22(20)5/h6-13H,1-5H3/q+1/t20-/m1/s1. The zero-order valence-corrected chi connectivity index (χ0v) is 14.4. The minimum Gasteiger partial charge on any atom is -0.456 e. The lowest BCUT2D eigenvalue weighted by Gasteiger charge is -2.45. The number of rotatable bonds is 0. The van der Waals surface area contributed by atoms with Gasteiger partial charge < -0.3 is 9.64 Å². The number of likely N-dealkylation sites (N-methyl/N-ethyl adjacent to an activating group) is 1. The Kier molecular flexibility index (Phi) is 2.72. The Bertz CT molecular complexity index is 838. The fourth-order valence-electron chi connectivity index (χ4n) is 4.02. The molecular formula is C20H23N2O+. The molecule has 0 saturated carbocycles. The molecule has 1 spiro atoms. The van der Waals surface area contributed by atoms with E-state index in [0.717, 1.165) is 11.4 Å². The predicted molar refractivity (Wildman–Crippen MR) is 92.6 cm³/mol. The number of nitrogens with zero attached hydrogens (tertiary/aromatic N) is 2. The summed E-state index contributed by atoms with van der Waals surface area (Å²) < 4.78 is 8.82. The number of fused-ring (bicyclic) bond motifs is 2. The quantitative estimate of drug-likeness (QED) is 0.694. The van der Waals surface area contributed by atoms with E-state index in [2.05, 4.69) is 92.9 Å². The first-order valence-electron chi connectivity index (χ1n) is 8.10. The third kappa shape index (κ3) is 1.62. The zero-order valence-electron chi connectivity index (χ0n) is 14.4. The highest BCUT2D eigenvalue weighted by Gasteiger charge is 2.58. The van der Waals surface area contributed by atoms with Crippen LogP contribution in [0.15, 0.2) is 42.5 Å². The molecule has 3 heterocycles. The largest absolute Gasteiger partial charge is 0.456 e. The second kappa shape index (κ2) is 4.38. The summed E-state index contributed by atoms with van der Waals surface area (Å²) in [6.07, 6.45) is 4.42. The van der Waals surface area contributed by atoms with Crippen molar-refractivity contribution in [1.29, 1.82) is 0 Å². The molecule has 23 heavy (non-hydrogen) atoms. The van der Waals surface area contributed by atoms with Crippen LogP contribution >= 0.6 is 0 Å². The number of hydrogen-bond donors (Lipinski definition) is 0. The number of benzene rings is 1. The number of hydrogen-bond acceptors (Lipinski definition) is 2. The topological polar surface area (TPSA) is 16.4 Å². The van der Waals surface area contributed by atoms with Gasteiger partial charge in [-0.3, -0.25) is 0 Å². The van der Waals surface area contributed by atoms with Gasteiger partial charge in [0.2, 0.25) is 11.4 Å². The van der Waals surface area contributed by atoms with E-state index in [-0.39, 0.29) is 5.41 Å². The number of aryl methyl sites for hydroxylation is 1. The zero-order chi connectivity index (χ0) is 16.4. The molecule has 3 heteroatoms. The van der Waals surface area contributed by atoms with E-state index in [9.17, 15) is 0 Å². The molecule has 0 bridgehead atoms. The second-order valence-electron chi connectivity index (χ2n) is 7.12. The summed E-state index contributed by atoms with van der Waals surface area (Å²) in [5, 5.41) is 0. The smallest absolute Gasteiger partial charge is 0.247 e. The van der Waals surface area contributed by atoms with Gasteiger partial charge in [0.05, 0.1) is 5.41 Å². The van der Waals surface area contributed by atoms with Crippen molar-refractivity contribution in [2.45, 2.75) is 31.9 Å². The third-order valence-electron chi connectivity index (χ3n) is 5.68. The number of pyridine rings is 1. The van der Waals surface area contributed by atoms with E-state index in [0.29, 0.717) is 0 Å². The SMILES string of the molecule is Cc1ccc2c([n+]1C)C=C[C@]1(O2)N(C)c2ccccc2C1(C)C. The first-order chi connectivity index (χ1) is 10.9. The van der Waals surface area contributed by atoms with E-state index >= 15 is 0 Å². The number of anilines is 1. The second-order valence-corrected chi connectivity index (χ2v) is 7.12. The number of para-hydroxylation sites is 1. The van der Waals surface area contributed by atoms with Gasteiger partial charge in [-0.15, -0.1) is 0 Å². The van der Waals surface area contributed by atoms with Crippen LogP contribution in [-0.2, 0) is 12.5 Å². The Balaban J connectivity index is 1.91. The summed E-state index contributed by atoms with van der Waals surface area (Å²) in [6, 6.07) is 12.8. The van der Waals surface area contributed by atoms with Gasteiger partial charge in [-0.2, -0.15) is 4.57 Å². The lowest BCUT2D eigenvalue weighted by molar-refractivity contribution is -0.680. The molecule has 1 aromatic heterocycles. The highest BCUT2D eigenvalue weighted by molar-refractivity contribution is 5.70. The Morgan fingerprint density at radius 3 is 2.57 bits per heavy atom. The van der Waals surface area contributed by atoms with Gasteiger partial charge in [-0.25, -0.2) is 0 Å². The normalized spacial score (nSPS) is 23.6. The van der Waals surface area contributed by atoms with Crippen LogP contribution in [0.1, 0.15) is 30.8 Å². The average Bonchev–Trinajstić information content (AvgIpc) is 2.71. The van der Waals surface area contributed by atoms with Crippen LogP contribution < -0.4 is 14.2 Å². The molecule has 0 aliphatic carbocycles. The lowest BCUT2D eigenvalue weighted by Crippen LogP contribution is -2.59. The molecule has 0 saturated heterocycles. The summed E-state index contributed by atoms with van der Waals surface area (Å²) in [6.45, 7) is 6.64. The van der Waals surface area contributed by atoms with Crippen LogP contribution in [0.5, 0.6) is 5.75 Å². The fourth-order valence-corrected chi connectivity index (χ4v) is 4.02. The van der Waals surface area contributed by atoms with Gasteiger partial charge >= 0.3 is 0 Å². The maximum Gasteiger partial charge on any atom is 0.247 e. The van der Waals surface area contributed by atoms with Crippen LogP contribution in [0.3, 0.4) is 0 Å². The van der Waals surface area contributed by atoms with Gasteiger partial charge in [-0.05, 0) is 37.6 Å². The molecule has 4 rings (SSSR count). The molecule has 118 valence electrons. The van der Waals surface area contributed by atoms with Crippen molar-refractivity contribution in [3.63, 3.8) is 0 Å². The molecule has 0 amide bonds. The average molecular weight is 307 g/mol. The summed E-state index contributed by atoms with van der Waals surface area (Å²) in [4.78, 5) is 2.27. The minimum atomic E-state index is -0.494. The van der Waals surface area contributed by atoms with Gasteiger partial charge in [0.15, 0.2) is 11.4 Å². The molecule has 0 radical (unpaired) electrons. The first kappa shape index (κ1) is 14.3. The maximum atomic E-state index is 6.64. The minimum absolute atomic E-state index is 0.143. The van der Waals surface area contributed by atoms with Crippen molar-refractivity contribution in [1.82, 2.24) is 0 Å². The molecule has 1 aromatic carbocycles. The molecule has 1 atom stereocenters. The van der Waals surface area contributed by atoms with Crippen molar-refractivity contribution in [2.75, 3.05) is 11.9 Å². The van der Waals surface area contributed by atoms with Crippen LogP contribution in [-0.4, -0.2) is 12.8 Å². The molecule has 3 nitrogen and oxygen atoms in total. The Hall–Kier alpha value is -2.29. The van der Waals surface area contributed by atoms with E-state index in [1.165, 1.54) is 16.9 Å². The summed E-state index contributed by atoms with van der Waals surface area (Å²) in [5.41, 5.74) is 4.27. The Labute approximate surface area is 137 Å². The lowest BCUT2D eigenvalue weighted by atomic mass is 9.76. The molecular weight excluding hydrogens is 284 g/mol. The van der Waals surface area contributed by atoms with Gasteiger partial charge in [-0.1, -0.05) is 18.2 Å². The van der Waals surface area contributed by atoms with Crippen molar-refractivity contribution >= 4 is 11.8 Å². The van der Waals surface area contributed by atoms with Crippen molar-refractivity contribution < 1.29 is 9.30 Å².